The highest BCUT2D eigenvalue weighted by Gasteiger charge is 2.49. The lowest BCUT2D eigenvalue weighted by Crippen LogP contribution is -2.29. The molecule has 284 valence electrons. The third-order valence-corrected chi connectivity index (χ3v) is 10.3. The molecule has 52 heavy (non-hydrogen) atoms. The number of Topliss-reactive ketones (excluding diaryl/α,β-unsaturated/α-hetero) is 1. The molecule has 6 fully saturated rings. The lowest BCUT2D eigenvalue weighted by molar-refractivity contribution is -0.119. The number of hydrogen-bond acceptors (Lipinski definition) is 12. The molecule has 12 nitrogen and oxygen atoms in total. The van der Waals surface area contributed by atoms with E-state index in [0.717, 1.165) is 89.0 Å². The van der Waals surface area contributed by atoms with Crippen LogP contribution in [0.2, 0.25) is 0 Å². The highest BCUT2D eigenvalue weighted by Crippen LogP contribution is 2.48. The van der Waals surface area contributed by atoms with E-state index in [1.54, 1.807) is 12.1 Å². The third kappa shape index (κ3) is 9.14. The zero-order chi connectivity index (χ0) is 35.1. The Morgan fingerprint density at radius 1 is 0.481 bits per heavy atom. The molecule has 6 aliphatic rings. The van der Waals surface area contributed by atoms with Gasteiger partial charge in [-0.2, -0.15) is 0 Å². The molecule has 7 unspecified atom stereocenters. The first-order valence-electron chi connectivity index (χ1n) is 19.6. The fourth-order valence-corrected chi connectivity index (χ4v) is 7.40. The maximum Gasteiger partial charge on any atom is 0.202 e. The summed E-state index contributed by atoms with van der Waals surface area (Å²) < 4.78 is 67.7. The maximum atomic E-state index is 14.6. The minimum atomic E-state index is -0.773. The second-order valence-electron chi connectivity index (χ2n) is 14.4. The van der Waals surface area contributed by atoms with Crippen molar-refractivity contribution < 1.29 is 56.9 Å². The molecule has 0 bridgehead atoms. The summed E-state index contributed by atoms with van der Waals surface area (Å²) in [7, 11) is 0. The molecule has 12 heteroatoms. The fourth-order valence-electron chi connectivity index (χ4n) is 7.40. The summed E-state index contributed by atoms with van der Waals surface area (Å²) >= 11 is 0. The van der Waals surface area contributed by atoms with Crippen molar-refractivity contribution in [3.05, 3.63) is 41.5 Å². The lowest BCUT2D eigenvalue weighted by Gasteiger charge is -2.29. The molecule has 8 rings (SSSR count). The van der Waals surface area contributed by atoms with Crippen molar-refractivity contribution in [3.8, 4) is 28.7 Å². The van der Waals surface area contributed by atoms with Crippen LogP contribution in [-0.4, -0.2) is 76.4 Å². The Balaban J connectivity index is 1.08. The van der Waals surface area contributed by atoms with Gasteiger partial charge in [0, 0.05) is 44.2 Å². The first-order valence-corrected chi connectivity index (χ1v) is 19.6. The van der Waals surface area contributed by atoms with Gasteiger partial charge in [0.25, 0.3) is 0 Å². The summed E-state index contributed by atoms with van der Waals surface area (Å²) in [5.41, 5.74) is 1.08. The molecule has 7 atom stereocenters. The first-order chi connectivity index (χ1) is 25.7. The average molecular weight is 725 g/mol. The smallest absolute Gasteiger partial charge is 0.202 e. The topological polar surface area (TPSA) is 122 Å². The van der Waals surface area contributed by atoms with Gasteiger partial charge in [-0.25, -0.2) is 0 Å². The third-order valence-electron chi connectivity index (χ3n) is 10.3. The quantitative estimate of drug-likeness (QED) is 0.150. The monoisotopic (exact) mass is 724 g/mol. The molecule has 0 saturated carbocycles. The predicted molar refractivity (Wildman–Crippen MR) is 186 cm³/mol. The van der Waals surface area contributed by atoms with Crippen LogP contribution in [0, 0.1) is 0 Å². The Morgan fingerprint density at radius 2 is 0.904 bits per heavy atom. The summed E-state index contributed by atoms with van der Waals surface area (Å²) in [4.78, 5) is 14.6. The van der Waals surface area contributed by atoms with E-state index in [1.165, 1.54) is 0 Å². The van der Waals surface area contributed by atoms with Crippen molar-refractivity contribution in [2.24, 2.45) is 0 Å². The summed E-state index contributed by atoms with van der Waals surface area (Å²) in [6.45, 7) is 3.15. The Bertz CT molecular complexity index is 1430. The van der Waals surface area contributed by atoms with E-state index in [2.05, 4.69) is 0 Å². The van der Waals surface area contributed by atoms with Gasteiger partial charge in [0.1, 0.15) is 28.9 Å². The first kappa shape index (κ1) is 35.9. The van der Waals surface area contributed by atoms with Crippen LogP contribution in [0.4, 0.5) is 0 Å². The van der Waals surface area contributed by atoms with Crippen LogP contribution < -0.4 is 23.7 Å². The number of benzene rings is 2. The molecular weight excluding hydrogens is 672 g/mol. The van der Waals surface area contributed by atoms with Crippen LogP contribution in [0.5, 0.6) is 28.7 Å². The Hall–Kier alpha value is -3.13. The number of ketones is 1. The number of carbonyl (C=O) groups is 1. The highest BCUT2D eigenvalue weighted by atomic mass is 16.7. The number of epoxide rings is 1. The molecule has 0 aromatic heterocycles. The summed E-state index contributed by atoms with van der Waals surface area (Å²) in [5, 5.41) is 0. The van der Waals surface area contributed by atoms with Gasteiger partial charge in [0.2, 0.25) is 5.78 Å². The van der Waals surface area contributed by atoms with Gasteiger partial charge >= 0.3 is 0 Å². The van der Waals surface area contributed by atoms with Crippen LogP contribution in [-0.2, 0) is 28.4 Å². The van der Waals surface area contributed by atoms with Crippen molar-refractivity contribution in [3.63, 3.8) is 0 Å². The normalized spacial score (nSPS) is 30.9. The van der Waals surface area contributed by atoms with Gasteiger partial charge in [-0.3, -0.25) is 4.79 Å². The second kappa shape index (κ2) is 17.3. The summed E-state index contributed by atoms with van der Waals surface area (Å²) in [6, 6.07) is 9.20. The lowest BCUT2D eigenvalue weighted by atomic mass is 10.00. The highest BCUT2D eigenvalue weighted by molar-refractivity contribution is 6.06. The van der Waals surface area contributed by atoms with Gasteiger partial charge in [-0.05, 0) is 81.9 Å². The van der Waals surface area contributed by atoms with Crippen LogP contribution in [0.25, 0.3) is 0 Å². The molecule has 0 amide bonds. The standard InChI is InChI=1S/C40H52O12/c41-38(40-39(52-40)26-16-17-28(48-33-12-2-7-19-43-33)29(23-26)49-34-13-3-8-20-44-34)37-30(50-35-14-4-9-21-45-35)24-27(47-32-11-1-6-18-42-32)25-31(37)51-36-15-5-10-22-46-36/h16-17,23-25,32-36,39-40H,1-15,18-22H2. The molecule has 6 aliphatic heterocycles. The summed E-state index contributed by atoms with van der Waals surface area (Å²) in [5.74, 6) is 2.04. The molecule has 0 spiro atoms. The van der Waals surface area contributed by atoms with E-state index >= 15 is 0 Å². The fraction of sp³-hybridized carbons (Fsp3) is 0.675. The van der Waals surface area contributed by atoms with Gasteiger partial charge in [0.05, 0.1) is 33.0 Å². The van der Waals surface area contributed by atoms with E-state index in [0.29, 0.717) is 74.6 Å². The van der Waals surface area contributed by atoms with Crippen molar-refractivity contribution in [2.45, 2.75) is 140 Å². The number of rotatable bonds is 13. The number of hydrogen-bond donors (Lipinski definition) is 0. The number of carbonyl (C=O) groups excluding carboxylic acids is 1. The average Bonchev–Trinajstić information content (AvgIpc) is 3.99. The Kier molecular flexibility index (Phi) is 12.0. The number of ether oxygens (including phenoxy) is 11. The molecule has 6 heterocycles. The van der Waals surface area contributed by atoms with Crippen LogP contribution in [0.3, 0.4) is 0 Å². The van der Waals surface area contributed by atoms with E-state index in [4.69, 9.17) is 52.1 Å². The van der Waals surface area contributed by atoms with Gasteiger partial charge < -0.3 is 52.1 Å². The second-order valence-corrected chi connectivity index (χ2v) is 14.4. The molecule has 2 aromatic carbocycles. The molecule has 0 aliphatic carbocycles. The molecule has 6 saturated heterocycles. The predicted octanol–water partition coefficient (Wildman–Crippen LogP) is 7.54. The van der Waals surface area contributed by atoms with Crippen LogP contribution in [0.15, 0.2) is 30.3 Å². The van der Waals surface area contributed by atoms with Crippen LogP contribution >= 0.6 is 0 Å². The van der Waals surface area contributed by atoms with Gasteiger partial charge in [-0.15, -0.1) is 0 Å². The van der Waals surface area contributed by atoms with Crippen molar-refractivity contribution in [2.75, 3.05) is 33.0 Å². The zero-order valence-electron chi connectivity index (χ0n) is 30.0. The van der Waals surface area contributed by atoms with Gasteiger partial charge in [-0.1, -0.05) is 6.07 Å². The summed E-state index contributed by atoms with van der Waals surface area (Å²) in [6.07, 6.45) is 10.4. The molecule has 2 aromatic rings. The minimum Gasteiger partial charge on any atom is -0.465 e. The zero-order valence-corrected chi connectivity index (χ0v) is 30.0. The minimum absolute atomic E-state index is 0.254. The van der Waals surface area contributed by atoms with Crippen LogP contribution in [0.1, 0.15) is 118 Å². The molecule has 0 N–H and O–H groups in total. The SMILES string of the molecule is O=C(c1c(OC2CCCCO2)cc(OC2CCCCO2)cc1OC1CCCCO1)C1OC1c1ccc(OC2CCCCO2)c(OC2CCCCO2)c1. The maximum absolute atomic E-state index is 14.6. The molecular formula is C40H52O12. The van der Waals surface area contributed by atoms with Crippen molar-refractivity contribution in [1.82, 2.24) is 0 Å². The Labute approximate surface area is 305 Å². The molecule has 0 radical (unpaired) electrons. The van der Waals surface area contributed by atoms with E-state index < -0.39 is 31.1 Å². The van der Waals surface area contributed by atoms with Crippen molar-refractivity contribution >= 4 is 5.78 Å². The largest absolute Gasteiger partial charge is 0.465 e. The van der Waals surface area contributed by atoms with Gasteiger partial charge in [0.15, 0.2) is 49.1 Å². The Morgan fingerprint density at radius 3 is 1.35 bits per heavy atom. The van der Waals surface area contributed by atoms with E-state index in [1.807, 2.05) is 18.2 Å². The van der Waals surface area contributed by atoms with Crippen molar-refractivity contribution in [1.29, 1.82) is 0 Å². The van der Waals surface area contributed by atoms with E-state index in [9.17, 15) is 4.79 Å². The van der Waals surface area contributed by atoms with E-state index in [-0.39, 0.29) is 23.9 Å².